The first-order valence-electron chi connectivity index (χ1n) is 13.3. The number of nitrogens with zero attached hydrogens (tertiary/aromatic N) is 1. The van der Waals surface area contributed by atoms with E-state index >= 15 is 0 Å². The normalized spacial score (nSPS) is 11.2. The molecule has 174 valence electrons. The molecule has 1 rings (SSSR count). The van der Waals surface area contributed by atoms with Crippen LogP contribution in [0.5, 0.6) is 0 Å². The molecular weight excluding hydrogens is 386 g/mol. The van der Waals surface area contributed by atoms with Gasteiger partial charge in [-0.2, -0.15) is 0 Å². The number of halogens is 1. The second-order valence-electron chi connectivity index (χ2n) is 9.10. The molecule has 0 saturated heterocycles. The van der Waals surface area contributed by atoms with E-state index in [1.165, 1.54) is 121 Å². The van der Waals surface area contributed by atoms with Crippen molar-refractivity contribution in [1.82, 2.24) is 0 Å². The van der Waals surface area contributed by atoms with Gasteiger partial charge in [-0.05, 0) is 25.0 Å². The second-order valence-corrected chi connectivity index (χ2v) is 9.50. The summed E-state index contributed by atoms with van der Waals surface area (Å²) in [7, 11) is 0. The van der Waals surface area contributed by atoms with Gasteiger partial charge in [-0.15, -0.1) is 0 Å². The third kappa shape index (κ3) is 14.3. The molecule has 0 atom stereocenters. The number of benzene rings is 1. The first-order chi connectivity index (χ1) is 14.8. The van der Waals surface area contributed by atoms with Crippen LogP contribution in [0.1, 0.15) is 129 Å². The maximum Gasteiger partial charge on any atom is 0.0639 e. The Bertz CT molecular complexity index is 465. The van der Waals surface area contributed by atoms with Crippen molar-refractivity contribution in [3.63, 3.8) is 0 Å². The second kappa shape index (κ2) is 20.2. The first kappa shape index (κ1) is 27.3. The fourth-order valence-electron chi connectivity index (χ4n) is 4.29. The summed E-state index contributed by atoms with van der Waals surface area (Å²) >= 11 is 6.52. The van der Waals surface area contributed by atoms with Gasteiger partial charge in [0.25, 0.3) is 0 Å². The number of rotatable bonds is 21. The van der Waals surface area contributed by atoms with Crippen LogP contribution in [0, 0.1) is 0 Å². The monoisotopic (exact) mass is 435 g/mol. The summed E-state index contributed by atoms with van der Waals surface area (Å²) in [6.45, 7) is 6.88. The van der Waals surface area contributed by atoms with Crippen molar-refractivity contribution in [1.29, 1.82) is 0 Å². The van der Waals surface area contributed by atoms with E-state index in [2.05, 4.69) is 30.9 Å². The average molecular weight is 436 g/mol. The molecule has 0 aliphatic heterocycles. The van der Waals surface area contributed by atoms with Crippen molar-refractivity contribution in [3.05, 3.63) is 29.3 Å². The highest BCUT2D eigenvalue weighted by Crippen LogP contribution is 2.26. The van der Waals surface area contributed by atoms with Crippen LogP contribution < -0.4 is 4.90 Å². The zero-order valence-electron chi connectivity index (χ0n) is 20.3. The predicted octanol–water partition coefficient (Wildman–Crippen LogP) is 10.2. The van der Waals surface area contributed by atoms with E-state index < -0.39 is 0 Å². The van der Waals surface area contributed by atoms with Crippen molar-refractivity contribution >= 4 is 17.3 Å². The zero-order valence-corrected chi connectivity index (χ0v) is 21.0. The van der Waals surface area contributed by atoms with Gasteiger partial charge in [-0.1, -0.05) is 140 Å². The standard InChI is InChI=1S/C28H50ClN/c1-3-5-7-9-11-13-15-17-21-25-30(28-24-20-19-23-27(28)29)26-22-18-16-14-12-10-8-6-4-2/h19-20,23-24H,3-18,21-22,25-26H2,1-2H3. The molecule has 0 spiro atoms. The van der Waals surface area contributed by atoms with Gasteiger partial charge in [0.1, 0.15) is 0 Å². The van der Waals surface area contributed by atoms with Gasteiger partial charge in [-0.25, -0.2) is 0 Å². The molecule has 0 aliphatic carbocycles. The molecule has 0 saturated carbocycles. The van der Waals surface area contributed by atoms with Crippen LogP contribution in [-0.2, 0) is 0 Å². The van der Waals surface area contributed by atoms with Crippen molar-refractivity contribution in [3.8, 4) is 0 Å². The van der Waals surface area contributed by atoms with Gasteiger partial charge < -0.3 is 4.90 Å². The third-order valence-electron chi connectivity index (χ3n) is 6.26. The number of para-hydroxylation sites is 1. The summed E-state index contributed by atoms with van der Waals surface area (Å²) in [6, 6.07) is 8.40. The molecule has 0 bridgehead atoms. The summed E-state index contributed by atoms with van der Waals surface area (Å²) in [6.07, 6.45) is 24.9. The Labute approximate surface area is 194 Å². The van der Waals surface area contributed by atoms with Crippen molar-refractivity contribution in [2.75, 3.05) is 18.0 Å². The Morgan fingerprint density at radius 2 is 0.900 bits per heavy atom. The van der Waals surface area contributed by atoms with E-state index in [0.29, 0.717) is 0 Å². The van der Waals surface area contributed by atoms with E-state index in [1.54, 1.807) is 0 Å². The molecule has 0 fully saturated rings. The molecule has 2 heteroatoms. The maximum absolute atomic E-state index is 6.52. The van der Waals surface area contributed by atoms with Gasteiger partial charge >= 0.3 is 0 Å². The highest BCUT2D eigenvalue weighted by atomic mass is 35.5. The molecule has 30 heavy (non-hydrogen) atoms. The first-order valence-corrected chi connectivity index (χ1v) is 13.7. The summed E-state index contributed by atoms with van der Waals surface area (Å²) in [4.78, 5) is 2.55. The minimum absolute atomic E-state index is 0.907. The lowest BCUT2D eigenvalue weighted by molar-refractivity contribution is 0.548. The molecule has 0 unspecified atom stereocenters. The Morgan fingerprint density at radius 3 is 1.30 bits per heavy atom. The molecule has 0 radical (unpaired) electrons. The third-order valence-corrected chi connectivity index (χ3v) is 6.58. The quantitative estimate of drug-likeness (QED) is 0.173. The molecular formula is C28H50ClN. The summed E-state index contributed by atoms with van der Waals surface area (Å²) in [5, 5.41) is 0.907. The number of unbranched alkanes of at least 4 members (excludes halogenated alkanes) is 16. The van der Waals surface area contributed by atoms with Crippen LogP contribution in [0.4, 0.5) is 5.69 Å². The topological polar surface area (TPSA) is 3.24 Å². The SMILES string of the molecule is CCCCCCCCCCCN(CCCCCCCCCCC)c1ccccc1Cl. The summed E-state index contributed by atoms with van der Waals surface area (Å²) in [5.41, 5.74) is 1.23. The molecule has 1 aromatic rings. The average Bonchev–Trinajstić information content (AvgIpc) is 2.76. The van der Waals surface area contributed by atoms with Gasteiger partial charge in [0, 0.05) is 13.1 Å². The minimum Gasteiger partial charge on any atom is -0.370 e. The van der Waals surface area contributed by atoms with E-state index in [1.807, 2.05) is 12.1 Å². The van der Waals surface area contributed by atoms with Crippen LogP contribution in [0.15, 0.2) is 24.3 Å². The van der Waals surface area contributed by atoms with Crippen LogP contribution in [0.3, 0.4) is 0 Å². The molecule has 0 amide bonds. The van der Waals surface area contributed by atoms with E-state index in [-0.39, 0.29) is 0 Å². The molecule has 1 nitrogen and oxygen atoms in total. The van der Waals surface area contributed by atoms with Crippen LogP contribution >= 0.6 is 11.6 Å². The maximum atomic E-state index is 6.52. The van der Waals surface area contributed by atoms with E-state index in [9.17, 15) is 0 Å². The largest absolute Gasteiger partial charge is 0.370 e. The molecule has 0 aliphatic rings. The summed E-state index contributed by atoms with van der Waals surface area (Å²) < 4.78 is 0. The fourth-order valence-corrected chi connectivity index (χ4v) is 4.54. The lowest BCUT2D eigenvalue weighted by Gasteiger charge is -2.26. The van der Waals surface area contributed by atoms with Crippen molar-refractivity contribution in [2.45, 2.75) is 129 Å². The van der Waals surface area contributed by atoms with Crippen LogP contribution in [-0.4, -0.2) is 13.1 Å². The summed E-state index contributed by atoms with van der Waals surface area (Å²) in [5.74, 6) is 0. The fraction of sp³-hybridized carbons (Fsp3) is 0.786. The molecule has 0 heterocycles. The zero-order chi connectivity index (χ0) is 21.7. The van der Waals surface area contributed by atoms with Crippen molar-refractivity contribution in [2.24, 2.45) is 0 Å². The molecule has 0 N–H and O–H groups in total. The van der Waals surface area contributed by atoms with Gasteiger partial charge in [0.2, 0.25) is 0 Å². The lowest BCUT2D eigenvalue weighted by atomic mass is 10.1. The van der Waals surface area contributed by atoms with Gasteiger partial charge in [-0.3, -0.25) is 0 Å². The Kier molecular flexibility index (Phi) is 18.4. The van der Waals surface area contributed by atoms with Crippen LogP contribution in [0.2, 0.25) is 5.02 Å². The minimum atomic E-state index is 0.907. The molecule has 0 aromatic heterocycles. The van der Waals surface area contributed by atoms with Gasteiger partial charge in [0.05, 0.1) is 10.7 Å². The highest BCUT2D eigenvalue weighted by Gasteiger charge is 2.09. The lowest BCUT2D eigenvalue weighted by Crippen LogP contribution is -2.26. The number of hydrogen-bond acceptors (Lipinski definition) is 1. The van der Waals surface area contributed by atoms with Crippen molar-refractivity contribution < 1.29 is 0 Å². The van der Waals surface area contributed by atoms with E-state index in [0.717, 1.165) is 18.1 Å². The van der Waals surface area contributed by atoms with E-state index in [4.69, 9.17) is 11.6 Å². The number of hydrogen-bond donors (Lipinski definition) is 0. The Morgan fingerprint density at radius 1 is 0.533 bits per heavy atom. The van der Waals surface area contributed by atoms with Crippen LogP contribution in [0.25, 0.3) is 0 Å². The Hall–Kier alpha value is -0.690. The number of anilines is 1. The molecule has 1 aromatic carbocycles. The smallest absolute Gasteiger partial charge is 0.0639 e. The predicted molar refractivity (Wildman–Crippen MR) is 138 cm³/mol. The highest BCUT2D eigenvalue weighted by molar-refractivity contribution is 6.33. The van der Waals surface area contributed by atoms with Gasteiger partial charge in [0.15, 0.2) is 0 Å². The Balaban J connectivity index is 2.22.